The van der Waals surface area contributed by atoms with Gasteiger partial charge >= 0.3 is 0 Å². The number of likely N-dealkylation sites (tertiary alicyclic amines) is 1. The van der Waals surface area contributed by atoms with Crippen LogP contribution in [0.15, 0.2) is 76.7 Å². The van der Waals surface area contributed by atoms with Gasteiger partial charge in [-0.15, -0.1) is 11.3 Å². The molecule has 2 aromatic rings. The monoisotopic (exact) mass is 531 g/mol. The number of hydrogen-bond acceptors (Lipinski definition) is 4. The Kier molecular flexibility index (Phi) is 12.5. The highest BCUT2D eigenvalue weighted by molar-refractivity contribution is 7.10. The maximum Gasteiger partial charge on any atom is 0.185 e. The van der Waals surface area contributed by atoms with Crippen molar-refractivity contribution in [3.63, 3.8) is 0 Å². The molecule has 0 unspecified atom stereocenters. The summed E-state index contributed by atoms with van der Waals surface area (Å²) in [6, 6.07) is 10.1. The fraction of sp³-hybridized carbons (Fsp3) is 0.441. The van der Waals surface area contributed by atoms with Crippen molar-refractivity contribution in [3.05, 3.63) is 98.3 Å². The normalized spacial score (nSPS) is 15.8. The highest BCUT2D eigenvalue weighted by Gasteiger charge is 2.16. The van der Waals surface area contributed by atoms with Crippen LogP contribution in [0.4, 0.5) is 0 Å². The molecule has 4 heteroatoms. The summed E-state index contributed by atoms with van der Waals surface area (Å²) in [5, 5.41) is 11.8. The highest BCUT2D eigenvalue weighted by atomic mass is 32.1. The first kappa shape index (κ1) is 30.0. The van der Waals surface area contributed by atoms with Gasteiger partial charge in [-0.3, -0.25) is 9.69 Å². The lowest BCUT2D eigenvalue weighted by Gasteiger charge is -2.29. The van der Waals surface area contributed by atoms with Crippen LogP contribution in [-0.4, -0.2) is 35.0 Å². The van der Waals surface area contributed by atoms with E-state index in [1.807, 2.05) is 18.2 Å². The van der Waals surface area contributed by atoms with Crippen molar-refractivity contribution in [3.8, 4) is 0 Å². The molecule has 0 amide bonds. The van der Waals surface area contributed by atoms with Crippen molar-refractivity contribution in [2.24, 2.45) is 0 Å². The molecule has 1 fully saturated rings. The number of allylic oxidation sites excluding steroid dienone is 7. The molecule has 204 valence electrons. The standard InChI is InChI=1S/C34H45NO2S/c1-26(2)7-5-8-27(3)9-6-10-28(4)11-18-34-31(21-24-38-34)16-17-33(37)30-14-12-29(13-15-30)25-35-22-19-32(36)20-23-35/h7,9,11-17,21,24,32,36H,5-6,8,10,18-20,22-23,25H2,1-4H3/b17-16+,27-9?,28-11?. The predicted molar refractivity (Wildman–Crippen MR) is 164 cm³/mol. The van der Waals surface area contributed by atoms with Gasteiger partial charge in [0.25, 0.3) is 0 Å². The third-order valence-corrected chi connectivity index (χ3v) is 8.11. The quantitative estimate of drug-likeness (QED) is 0.160. The summed E-state index contributed by atoms with van der Waals surface area (Å²) in [4.78, 5) is 16.4. The maximum absolute atomic E-state index is 12.8. The molecular formula is C34H45NO2S. The Morgan fingerprint density at radius 1 is 0.947 bits per heavy atom. The molecule has 1 aromatic heterocycles. The number of rotatable bonds is 13. The molecule has 0 spiro atoms. The number of thiophene rings is 1. The Labute approximate surface area is 234 Å². The Hall–Kier alpha value is -2.53. The minimum absolute atomic E-state index is 0.0354. The summed E-state index contributed by atoms with van der Waals surface area (Å²) >= 11 is 1.75. The minimum Gasteiger partial charge on any atom is -0.393 e. The smallest absolute Gasteiger partial charge is 0.185 e. The first-order valence-corrected chi connectivity index (χ1v) is 14.9. The minimum atomic E-state index is -0.152. The SMILES string of the molecule is CC(C)=CCCC(C)=CCCC(C)=CCc1sccc1/C=C/C(=O)c1ccc(CN2CCC(O)CC2)cc1. The summed E-state index contributed by atoms with van der Waals surface area (Å²) in [5.74, 6) is 0.0354. The third kappa shape index (κ3) is 10.7. The fourth-order valence-electron chi connectivity index (χ4n) is 4.64. The molecule has 38 heavy (non-hydrogen) atoms. The van der Waals surface area contributed by atoms with Gasteiger partial charge in [-0.2, -0.15) is 0 Å². The topological polar surface area (TPSA) is 40.5 Å². The molecule has 2 heterocycles. The van der Waals surface area contributed by atoms with Crippen LogP contribution in [-0.2, 0) is 13.0 Å². The Balaban J connectivity index is 1.47. The molecule has 1 saturated heterocycles. The van der Waals surface area contributed by atoms with E-state index in [0.29, 0.717) is 0 Å². The third-order valence-electron chi connectivity index (χ3n) is 7.15. The average Bonchev–Trinajstić information content (AvgIpc) is 3.35. The number of ketones is 1. The van der Waals surface area contributed by atoms with Crippen LogP contribution in [0.5, 0.6) is 0 Å². The molecule has 0 saturated carbocycles. The second-order valence-electron chi connectivity index (χ2n) is 10.9. The van der Waals surface area contributed by atoms with Crippen LogP contribution in [0.2, 0.25) is 0 Å². The summed E-state index contributed by atoms with van der Waals surface area (Å²) in [6.07, 6.45) is 17.6. The molecule has 1 N–H and O–H groups in total. The van der Waals surface area contributed by atoms with Crippen LogP contribution in [0.3, 0.4) is 0 Å². The van der Waals surface area contributed by atoms with Gasteiger partial charge in [0.15, 0.2) is 5.78 Å². The fourth-order valence-corrected chi connectivity index (χ4v) is 5.47. The molecule has 1 aromatic carbocycles. The summed E-state index contributed by atoms with van der Waals surface area (Å²) in [5.41, 5.74) is 7.34. The molecule has 1 aliphatic rings. The van der Waals surface area contributed by atoms with E-state index in [9.17, 15) is 9.90 Å². The molecule has 3 rings (SSSR count). The lowest BCUT2D eigenvalue weighted by atomic mass is 10.0. The zero-order valence-corrected chi connectivity index (χ0v) is 24.5. The van der Waals surface area contributed by atoms with Crippen molar-refractivity contribution in [2.75, 3.05) is 13.1 Å². The van der Waals surface area contributed by atoms with E-state index in [2.05, 4.69) is 74.4 Å². The van der Waals surface area contributed by atoms with Crippen LogP contribution in [0.25, 0.3) is 6.08 Å². The van der Waals surface area contributed by atoms with Gasteiger partial charge in [0.1, 0.15) is 0 Å². The number of hydrogen-bond donors (Lipinski definition) is 1. The van der Waals surface area contributed by atoms with Crippen LogP contribution in [0, 0.1) is 0 Å². The maximum atomic E-state index is 12.8. The molecule has 0 aliphatic carbocycles. The zero-order chi connectivity index (χ0) is 27.3. The Bertz CT molecular complexity index is 1140. The summed E-state index contributed by atoms with van der Waals surface area (Å²) in [7, 11) is 0. The van der Waals surface area contributed by atoms with E-state index >= 15 is 0 Å². The van der Waals surface area contributed by atoms with E-state index in [0.717, 1.165) is 75.7 Å². The highest BCUT2D eigenvalue weighted by Crippen LogP contribution is 2.22. The van der Waals surface area contributed by atoms with Gasteiger partial charge in [0.2, 0.25) is 0 Å². The molecular weight excluding hydrogens is 486 g/mol. The average molecular weight is 532 g/mol. The van der Waals surface area contributed by atoms with Gasteiger partial charge in [-0.1, -0.05) is 59.2 Å². The van der Waals surface area contributed by atoms with E-state index < -0.39 is 0 Å². The lowest BCUT2D eigenvalue weighted by molar-refractivity contribution is 0.0792. The summed E-state index contributed by atoms with van der Waals surface area (Å²) < 4.78 is 0. The summed E-state index contributed by atoms with van der Waals surface area (Å²) in [6.45, 7) is 11.5. The Morgan fingerprint density at radius 3 is 2.29 bits per heavy atom. The van der Waals surface area contributed by atoms with Gasteiger partial charge in [0, 0.05) is 36.5 Å². The molecule has 1 aliphatic heterocycles. The second kappa shape index (κ2) is 15.8. The van der Waals surface area contributed by atoms with Gasteiger partial charge in [-0.25, -0.2) is 0 Å². The molecule has 0 radical (unpaired) electrons. The van der Waals surface area contributed by atoms with E-state index in [1.165, 1.54) is 27.2 Å². The van der Waals surface area contributed by atoms with Crippen molar-refractivity contribution in [2.45, 2.75) is 85.3 Å². The number of carbonyl (C=O) groups excluding carboxylic acids is 1. The first-order valence-electron chi connectivity index (χ1n) is 14.0. The zero-order valence-electron chi connectivity index (χ0n) is 23.7. The van der Waals surface area contributed by atoms with Crippen LogP contribution < -0.4 is 0 Å². The van der Waals surface area contributed by atoms with Gasteiger partial charge in [-0.05, 0) is 101 Å². The lowest BCUT2D eigenvalue weighted by Crippen LogP contribution is -2.35. The predicted octanol–water partition coefficient (Wildman–Crippen LogP) is 8.56. The van der Waals surface area contributed by atoms with Gasteiger partial charge < -0.3 is 5.11 Å². The second-order valence-corrected chi connectivity index (χ2v) is 11.9. The van der Waals surface area contributed by atoms with E-state index in [-0.39, 0.29) is 11.9 Å². The Morgan fingerprint density at radius 2 is 1.61 bits per heavy atom. The molecule has 3 nitrogen and oxygen atoms in total. The van der Waals surface area contributed by atoms with Crippen molar-refractivity contribution in [1.29, 1.82) is 0 Å². The van der Waals surface area contributed by atoms with Gasteiger partial charge in [0.05, 0.1) is 6.10 Å². The number of benzene rings is 1. The van der Waals surface area contributed by atoms with E-state index in [1.54, 1.807) is 17.4 Å². The molecule has 0 bridgehead atoms. The van der Waals surface area contributed by atoms with Crippen LogP contribution >= 0.6 is 11.3 Å². The number of nitrogens with zero attached hydrogens (tertiary/aromatic N) is 1. The van der Waals surface area contributed by atoms with E-state index in [4.69, 9.17) is 0 Å². The number of aliphatic hydroxyl groups excluding tert-OH is 1. The largest absolute Gasteiger partial charge is 0.393 e. The first-order chi connectivity index (χ1) is 18.3. The van der Waals surface area contributed by atoms with Crippen LogP contribution in [0.1, 0.15) is 92.6 Å². The number of aliphatic hydroxyl groups is 1. The van der Waals surface area contributed by atoms with Crippen molar-refractivity contribution < 1.29 is 9.90 Å². The molecule has 0 atom stereocenters. The number of piperidine rings is 1. The number of carbonyl (C=O) groups is 1. The van der Waals surface area contributed by atoms with Crippen molar-refractivity contribution >= 4 is 23.2 Å². The van der Waals surface area contributed by atoms with Crippen molar-refractivity contribution in [1.82, 2.24) is 4.90 Å².